The zero-order chi connectivity index (χ0) is 25.5. The minimum atomic E-state index is -1.40. The summed E-state index contributed by atoms with van der Waals surface area (Å²) in [4.78, 5) is 25.6. The van der Waals surface area contributed by atoms with Crippen molar-refractivity contribution >= 4 is 63.8 Å². The highest BCUT2D eigenvalue weighted by molar-refractivity contribution is 6.53. The molecule has 10 heteroatoms. The van der Waals surface area contributed by atoms with E-state index in [2.05, 4.69) is 5.32 Å². The first-order valence-corrected chi connectivity index (χ1v) is 11.7. The van der Waals surface area contributed by atoms with Gasteiger partial charge in [0.1, 0.15) is 16.0 Å². The molecular formula is C25H14Cl4F2N2O2. The van der Waals surface area contributed by atoms with Crippen LogP contribution in [0.25, 0.3) is 0 Å². The second kappa shape index (κ2) is 9.75. The Morgan fingerprint density at radius 3 is 2.37 bits per heavy atom. The molecule has 1 aliphatic rings. The highest BCUT2D eigenvalue weighted by Crippen LogP contribution is 2.65. The molecule has 0 bridgehead atoms. The number of ketones is 1. The molecule has 0 aromatic heterocycles. The third-order valence-corrected chi connectivity index (χ3v) is 7.39. The molecule has 0 spiro atoms. The van der Waals surface area contributed by atoms with Crippen LogP contribution in [0.15, 0.2) is 54.6 Å². The van der Waals surface area contributed by atoms with Gasteiger partial charge >= 0.3 is 0 Å². The van der Waals surface area contributed by atoms with Gasteiger partial charge in [0.25, 0.3) is 0 Å². The molecule has 3 aromatic carbocycles. The van der Waals surface area contributed by atoms with E-state index in [1.165, 1.54) is 18.2 Å². The summed E-state index contributed by atoms with van der Waals surface area (Å²) in [5, 5.41) is 12.1. The number of nitriles is 1. The van der Waals surface area contributed by atoms with Gasteiger partial charge in [0.2, 0.25) is 5.91 Å². The molecule has 1 aliphatic carbocycles. The lowest BCUT2D eigenvalue weighted by molar-refractivity contribution is -0.117. The van der Waals surface area contributed by atoms with Crippen LogP contribution in [0.5, 0.6) is 0 Å². The van der Waals surface area contributed by atoms with Crippen molar-refractivity contribution in [3.8, 4) is 6.07 Å². The van der Waals surface area contributed by atoms with Gasteiger partial charge in [0.15, 0.2) is 5.78 Å². The van der Waals surface area contributed by atoms with Crippen molar-refractivity contribution in [3.05, 3.63) is 98.5 Å². The van der Waals surface area contributed by atoms with Crippen LogP contribution >= 0.6 is 46.4 Å². The maximum Gasteiger partial charge on any atom is 0.231 e. The second-order valence-corrected chi connectivity index (χ2v) is 10.3. The third kappa shape index (κ3) is 5.14. The van der Waals surface area contributed by atoms with E-state index in [0.29, 0.717) is 15.6 Å². The highest BCUT2D eigenvalue weighted by atomic mass is 35.5. The predicted octanol–water partition coefficient (Wildman–Crippen LogP) is 7.09. The Hall–Kier alpha value is -2.69. The lowest BCUT2D eigenvalue weighted by Gasteiger charge is -2.09. The van der Waals surface area contributed by atoms with Gasteiger partial charge in [-0.3, -0.25) is 9.59 Å². The van der Waals surface area contributed by atoms with E-state index in [1.807, 2.05) is 0 Å². The molecular weight excluding hydrogens is 540 g/mol. The zero-order valence-corrected chi connectivity index (χ0v) is 20.6. The van der Waals surface area contributed by atoms with Gasteiger partial charge in [-0.25, -0.2) is 8.78 Å². The van der Waals surface area contributed by atoms with Gasteiger partial charge < -0.3 is 5.32 Å². The maximum absolute atomic E-state index is 14.4. The SMILES string of the molecule is N#Cc1ccc(CC(=O)c2cc(NC(=O)C3C(c4ccc(Cl)c(Cl)c4)C3(Cl)Cl)ccc2F)c(F)c1. The molecule has 1 N–H and O–H groups in total. The Kier molecular flexibility index (Phi) is 7.08. The monoisotopic (exact) mass is 552 g/mol. The molecule has 0 saturated heterocycles. The maximum atomic E-state index is 14.4. The van der Waals surface area contributed by atoms with Crippen LogP contribution in [0.2, 0.25) is 10.0 Å². The molecule has 1 fully saturated rings. The van der Waals surface area contributed by atoms with Crippen molar-refractivity contribution in [2.45, 2.75) is 16.7 Å². The summed E-state index contributed by atoms with van der Waals surface area (Å²) >= 11 is 24.7. The lowest BCUT2D eigenvalue weighted by Crippen LogP contribution is -2.18. The first-order valence-electron chi connectivity index (χ1n) is 10.2. The summed E-state index contributed by atoms with van der Waals surface area (Å²) < 4.78 is 27.2. The Bertz CT molecular complexity index is 1400. The number of hydrogen-bond donors (Lipinski definition) is 1. The fraction of sp³-hybridized carbons (Fsp3) is 0.160. The van der Waals surface area contributed by atoms with Crippen molar-refractivity contribution in [1.29, 1.82) is 5.26 Å². The molecule has 2 atom stereocenters. The largest absolute Gasteiger partial charge is 0.326 e. The van der Waals surface area contributed by atoms with Gasteiger partial charge in [0, 0.05) is 18.0 Å². The van der Waals surface area contributed by atoms with E-state index in [-0.39, 0.29) is 22.4 Å². The van der Waals surface area contributed by atoms with Crippen LogP contribution < -0.4 is 5.32 Å². The summed E-state index contributed by atoms with van der Waals surface area (Å²) in [6.45, 7) is 0. The van der Waals surface area contributed by atoms with Crippen LogP contribution in [0.1, 0.15) is 33.0 Å². The lowest BCUT2D eigenvalue weighted by atomic mass is 10.0. The summed E-state index contributed by atoms with van der Waals surface area (Å²) in [6.07, 6.45) is -0.430. The van der Waals surface area contributed by atoms with Gasteiger partial charge in [-0.05, 0) is 53.6 Å². The number of carbonyl (C=O) groups excluding carboxylic acids is 2. The predicted molar refractivity (Wildman–Crippen MR) is 131 cm³/mol. The Labute approximate surface area is 219 Å². The normalized spacial score (nSPS) is 18.0. The van der Waals surface area contributed by atoms with Gasteiger partial charge in [0.05, 0.1) is 33.2 Å². The van der Waals surface area contributed by atoms with Crippen molar-refractivity contribution < 1.29 is 18.4 Å². The molecule has 178 valence electrons. The van der Waals surface area contributed by atoms with Crippen LogP contribution in [-0.4, -0.2) is 16.0 Å². The second-order valence-electron chi connectivity index (χ2n) is 8.01. The molecule has 35 heavy (non-hydrogen) atoms. The van der Waals surface area contributed by atoms with E-state index in [1.54, 1.807) is 24.3 Å². The van der Waals surface area contributed by atoms with Gasteiger partial charge in [-0.15, -0.1) is 23.2 Å². The fourth-order valence-electron chi connectivity index (χ4n) is 3.84. The van der Waals surface area contributed by atoms with Gasteiger partial charge in [-0.2, -0.15) is 5.26 Å². The number of rotatable bonds is 6. The standard InChI is InChI=1S/C25H14Cl4F2N2O2/c26-17-5-3-14(8-18(17)27)22-23(25(22,28)29)24(35)33-15-4-6-19(30)16(10-15)21(34)9-13-2-1-12(11-32)7-20(13)31/h1-8,10,22-23H,9H2,(H,33,35). The van der Waals surface area contributed by atoms with Crippen LogP contribution in [0.4, 0.5) is 14.5 Å². The number of hydrogen-bond acceptors (Lipinski definition) is 3. The quantitative estimate of drug-likeness (QED) is 0.261. The number of carbonyl (C=O) groups is 2. The van der Waals surface area contributed by atoms with Crippen LogP contribution in [0.3, 0.4) is 0 Å². The smallest absolute Gasteiger partial charge is 0.231 e. The Morgan fingerprint density at radius 1 is 0.971 bits per heavy atom. The number of Topliss-reactive ketones (excluding diaryl/α,β-unsaturated/α-hetero) is 1. The molecule has 1 amide bonds. The Morgan fingerprint density at radius 2 is 1.71 bits per heavy atom. The number of halogens is 6. The van der Waals surface area contributed by atoms with Crippen molar-refractivity contribution in [3.63, 3.8) is 0 Å². The number of nitrogens with zero attached hydrogens (tertiary/aromatic N) is 1. The molecule has 0 heterocycles. The number of alkyl halides is 2. The first-order chi connectivity index (χ1) is 16.5. The average molecular weight is 554 g/mol. The van der Waals surface area contributed by atoms with Crippen molar-refractivity contribution in [2.24, 2.45) is 5.92 Å². The highest BCUT2D eigenvalue weighted by Gasteiger charge is 2.67. The van der Waals surface area contributed by atoms with Crippen LogP contribution in [0, 0.1) is 28.9 Å². The molecule has 2 unspecified atom stereocenters. The van der Waals surface area contributed by atoms with Gasteiger partial charge in [-0.1, -0.05) is 35.3 Å². The molecule has 0 aliphatic heterocycles. The number of benzene rings is 3. The summed E-state index contributed by atoms with van der Waals surface area (Å²) in [5.41, 5.74) is 0.558. The summed E-state index contributed by atoms with van der Waals surface area (Å²) in [7, 11) is 0. The van der Waals surface area contributed by atoms with E-state index < -0.39 is 45.9 Å². The van der Waals surface area contributed by atoms with E-state index in [9.17, 15) is 18.4 Å². The fourth-order valence-corrected chi connectivity index (χ4v) is 4.97. The topological polar surface area (TPSA) is 70.0 Å². The number of nitrogens with one attached hydrogen (secondary N) is 1. The summed E-state index contributed by atoms with van der Waals surface area (Å²) in [5.74, 6) is -4.20. The molecule has 1 saturated carbocycles. The average Bonchev–Trinajstić information content (AvgIpc) is 3.40. The molecule has 4 nitrogen and oxygen atoms in total. The van der Waals surface area contributed by atoms with E-state index in [4.69, 9.17) is 51.7 Å². The first kappa shape index (κ1) is 25.4. The van der Waals surface area contributed by atoms with Crippen molar-refractivity contribution in [2.75, 3.05) is 5.32 Å². The third-order valence-electron chi connectivity index (χ3n) is 5.71. The van der Waals surface area contributed by atoms with Crippen LogP contribution in [-0.2, 0) is 11.2 Å². The van der Waals surface area contributed by atoms with E-state index >= 15 is 0 Å². The summed E-state index contributed by atoms with van der Waals surface area (Å²) in [6, 6.07) is 13.8. The molecule has 3 aromatic rings. The number of anilines is 1. The molecule has 0 radical (unpaired) electrons. The molecule has 4 rings (SSSR count). The Balaban J connectivity index is 1.51. The minimum Gasteiger partial charge on any atom is -0.326 e. The number of amides is 1. The minimum absolute atomic E-state index is 0.0133. The van der Waals surface area contributed by atoms with Crippen molar-refractivity contribution in [1.82, 2.24) is 0 Å². The van der Waals surface area contributed by atoms with E-state index in [0.717, 1.165) is 18.2 Å². The zero-order valence-electron chi connectivity index (χ0n) is 17.6.